The molecule has 2 aliphatic rings. The van der Waals surface area contributed by atoms with Crippen molar-refractivity contribution < 1.29 is 18.0 Å². The maximum Gasteiger partial charge on any atom is 0.336 e. The summed E-state index contributed by atoms with van der Waals surface area (Å²) < 4.78 is 26.3. The molecule has 0 radical (unpaired) electrons. The van der Waals surface area contributed by atoms with Crippen molar-refractivity contribution in [2.75, 3.05) is 25.0 Å². The minimum Gasteiger partial charge on any atom is -0.350 e. The average molecular weight is 406 g/mol. The summed E-state index contributed by atoms with van der Waals surface area (Å²) >= 11 is 0. The number of aryl methyl sites for hydroxylation is 1. The number of carbonyl (C=O) groups is 2. The van der Waals surface area contributed by atoms with Crippen LogP contribution in [-0.2, 0) is 14.8 Å². The molecule has 0 saturated carbocycles. The number of hydrogen-bond donors (Lipinski definition) is 4. The van der Waals surface area contributed by atoms with Crippen LogP contribution >= 0.6 is 0 Å². The highest BCUT2D eigenvalue weighted by molar-refractivity contribution is 7.90. The fraction of sp³-hybridized carbons (Fsp3) is 0.471. The van der Waals surface area contributed by atoms with Crippen LogP contribution in [0.3, 0.4) is 0 Å². The smallest absolute Gasteiger partial charge is 0.336 e. The van der Waals surface area contributed by atoms with Gasteiger partial charge in [0.05, 0.1) is 11.8 Å². The first kappa shape index (κ1) is 20.1. The Bertz CT molecular complexity index is 933. The van der Waals surface area contributed by atoms with E-state index in [0.29, 0.717) is 23.0 Å². The van der Waals surface area contributed by atoms with E-state index in [4.69, 9.17) is 5.26 Å². The summed E-state index contributed by atoms with van der Waals surface area (Å²) in [6, 6.07) is 5.29. The van der Waals surface area contributed by atoms with Gasteiger partial charge >= 0.3 is 6.03 Å². The van der Waals surface area contributed by atoms with Gasteiger partial charge in [0.2, 0.25) is 5.91 Å². The molecule has 11 heteroatoms. The fourth-order valence-electron chi connectivity index (χ4n) is 3.31. The van der Waals surface area contributed by atoms with Gasteiger partial charge in [-0.2, -0.15) is 5.26 Å². The quantitative estimate of drug-likeness (QED) is 0.527. The highest BCUT2D eigenvalue weighted by atomic mass is 32.2. The van der Waals surface area contributed by atoms with E-state index in [0.717, 1.165) is 0 Å². The Morgan fingerprint density at radius 1 is 1.39 bits per heavy atom. The molecule has 2 heterocycles. The second-order valence-corrected chi connectivity index (χ2v) is 8.65. The van der Waals surface area contributed by atoms with Crippen LogP contribution in [0.25, 0.3) is 0 Å². The first-order chi connectivity index (χ1) is 13.2. The zero-order valence-electron chi connectivity index (χ0n) is 15.5. The summed E-state index contributed by atoms with van der Waals surface area (Å²) in [6.45, 7) is 3.71. The highest BCUT2D eigenvalue weighted by Crippen LogP contribution is 2.32. The van der Waals surface area contributed by atoms with E-state index in [2.05, 4.69) is 27.3 Å². The van der Waals surface area contributed by atoms with Crippen LogP contribution in [0.5, 0.6) is 0 Å². The van der Waals surface area contributed by atoms with Gasteiger partial charge in [-0.25, -0.2) is 17.5 Å². The van der Waals surface area contributed by atoms with E-state index >= 15 is 0 Å². The average Bonchev–Trinajstić information content (AvgIpc) is 2.64. The predicted octanol–water partition coefficient (Wildman–Crippen LogP) is -0.510. The molecule has 0 aliphatic carbocycles. The van der Waals surface area contributed by atoms with Gasteiger partial charge in [-0.1, -0.05) is 12.1 Å². The third kappa shape index (κ3) is 3.80. The van der Waals surface area contributed by atoms with Crippen molar-refractivity contribution in [2.45, 2.75) is 36.9 Å². The molecule has 2 unspecified atom stereocenters. The second kappa shape index (κ2) is 7.75. The van der Waals surface area contributed by atoms with E-state index in [1.165, 1.54) is 6.07 Å². The van der Waals surface area contributed by atoms with Crippen LogP contribution in [0.2, 0.25) is 0 Å². The zero-order chi connectivity index (χ0) is 20.5. The van der Waals surface area contributed by atoms with Crippen molar-refractivity contribution in [3.63, 3.8) is 0 Å². The standard InChI is InChI=1S/C17H22N6O4S/c1-10-4-3-5-13-16(10)28(26,27)23(17(25)22-13)9-15(24)21-11(2)14-8-19-12(6-18)7-20-14/h3-5,11-12,14,19-20H,7-9H2,1-2H3,(H,21,24)(H,22,25)/t11-,12?,14?/m0/s1. The summed E-state index contributed by atoms with van der Waals surface area (Å²) in [6.07, 6.45) is 0. The van der Waals surface area contributed by atoms with Crippen molar-refractivity contribution in [1.29, 1.82) is 5.26 Å². The van der Waals surface area contributed by atoms with Gasteiger partial charge in [0, 0.05) is 25.2 Å². The lowest BCUT2D eigenvalue weighted by atomic mass is 10.1. The number of nitrogens with one attached hydrogen (secondary N) is 4. The van der Waals surface area contributed by atoms with Gasteiger partial charge in [-0.05, 0) is 25.5 Å². The number of benzene rings is 1. The lowest BCUT2D eigenvalue weighted by Crippen LogP contribution is -2.61. The summed E-state index contributed by atoms with van der Waals surface area (Å²) in [4.78, 5) is 24.7. The molecule has 3 amide bonds. The number of nitriles is 1. The van der Waals surface area contributed by atoms with Crippen LogP contribution in [0.4, 0.5) is 10.5 Å². The number of rotatable bonds is 4. The molecule has 3 rings (SSSR count). The van der Waals surface area contributed by atoms with E-state index < -0.39 is 28.5 Å². The predicted molar refractivity (Wildman–Crippen MR) is 101 cm³/mol. The first-order valence-corrected chi connectivity index (χ1v) is 10.3. The molecule has 10 nitrogen and oxygen atoms in total. The molecule has 0 aromatic heterocycles. The number of fused-ring (bicyclic) bond motifs is 1. The molecule has 1 aromatic carbocycles. The monoisotopic (exact) mass is 406 g/mol. The number of anilines is 1. The molecule has 0 spiro atoms. The molecular formula is C17H22N6O4S. The van der Waals surface area contributed by atoms with Crippen LogP contribution in [0, 0.1) is 18.3 Å². The van der Waals surface area contributed by atoms with Crippen LogP contribution in [-0.4, -0.2) is 62.4 Å². The Balaban J connectivity index is 1.68. The summed E-state index contributed by atoms with van der Waals surface area (Å²) in [5.74, 6) is -0.590. The fourth-order valence-corrected chi connectivity index (χ4v) is 4.95. The molecule has 3 atom stereocenters. The van der Waals surface area contributed by atoms with Crippen LogP contribution < -0.4 is 21.3 Å². The topological polar surface area (TPSA) is 143 Å². The van der Waals surface area contributed by atoms with Crippen molar-refractivity contribution in [1.82, 2.24) is 20.3 Å². The number of nitrogens with zero attached hydrogens (tertiary/aromatic N) is 2. The molecule has 4 N–H and O–H groups in total. The van der Waals surface area contributed by atoms with Gasteiger partial charge < -0.3 is 16.0 Å². The molecular weight excluding hydrogens is 384 g/mol. The molecule has 0 bridgehead atoms. The molecule has 2 aliphatic heterocycles. The Hall–Kier alpha value is -2.68. The number of piperazine rings is 1. The number of sulfonamides is 1. The normalized spacial score (nSPS) is 24.5. The number of urea groups is 1. The van der Waals surface area contributed by atoms with Gasteiger partial charge in [0.15, 0.2) is 0 Å². The Morgan fingerprint density at radius 2 is 2.14 bits per heavy atom. The summed E-state index contributed by atoms with van der Waals surface area (Å²) in [5, 5.41) is 20.3. The molecule has 1 aromatic rings. The van der Waals surface area contributed by atoms with Crippen molar-refractivity contribution in [3.8, 4) is 6.07 Å². The third-order valence-electron chi connectivity index (χ3n) is 4.83. The minimum atomic E-state index is -4.13. The molecule has 150 valence electrons. The third-order valence-corrected chi connectivity index (χ3v) is 6.76. The van der Waals surface area contributed by atoms with Crippen molar-refractivity contribution >= 4 is 27.6 Å². The second-order valence-electron chi connectivity index (χ2n) is 6.85. The lowest BCUT2D eigenvalue weighted by molar-refractivity contribution is -0.121. The molecule has 1 fully saturated rings. The largest absolute Gasteiger partial charge is 0.350 e. The van der Waals surface area contributed by atoms with Gasteiger partial charge in [-0.15, -0.1) is 0 Å². The Kier molecular flexibility index (Phi) is 5.55. The number of carbonyl (C=O) groups excluding carboxylic acids is 2. The van der Waals surface area contributed by atoms with E-state index in [-0.39, 0.29) is 28.7 Å². The van der Waals surface area contributed by atoms with E-state index in [9.17, 15) is 18.0 Å². The first-order valence-electron chi connectivity index (χ1n) is 8.83. The van der Waals surface area contributed by atoms with Crippen LogP contribution in [0.1, 0.15) is 12.5 Å². The number of amides is 3. The highest BCUT2D eigenvalue weighted by Gasteiger charge is 2.39. The maximum atomic E-state index is 12.9. The molecule has 1 saturated heterocycles. The maximum absolute atomic E-state index is 12.9. The minimum absolute atomic E-state index is 0.00357. The van der Waals surface area contributed by atoms with E-state index in [1.807, 2.05) is 0 Å². The van der Waals surface area contributed by atoms with Gasteiger partial charge in [0.25, 0.3) is 10.0 Å². The Morgan fingerprint density at radius 3 is 2.79 bits per heavy atom. The van der Waals surface area contributed by atoms with Crippen molar-refractivity contribution in [3.05, 3.63) is 23.8 Å². The van der Waals surface area contributed by atoms with Gasteiger partial charge in [0.1, 0.15) is 17.5 Å². The lowest BCUT2D eigenvalue weighted by Gasteiger charge is -2.33. The van der Waals surface area contributed by atoms with E-state index in [1.54, 1.807) is 26.0 Å². The molecule has 28 heavy (non-hydrogen) atoms. The van der Waals surface area contributed by atoms with Crippen LogP contribution in [0.15, 0.2) is 23.1 Å². The van der Waals surface area contributed by atoms with Crippen molar-refractivity contribution in [2.24, 2.45) is 0 Å². The number of hydrogen-bond acceptors (Lipinski definition) is 7. The SMILES string of the molecule is Cc1cccc2c1S(=O)(=O)N(CC(=O)N[C@@H](C)C1CNC(C#N)CN1)C(=O)N2. The summed E-state index contributed by atoms with van der Waals surface area (Å²) in [5.41, 5.74) is 0.695. The van der Waals surface area contributed by atoms with Gasteiger partial charge in [-0.3, -0.25) is 10.1 Å². The zero-order valence-corrected chi connectivity index (χ0v) is 16.3. The Labute approximate surface area is 163 Å². The summed E-state index contributed by atoms with van der Waals surface area (Å²) in [7, 11) is -4.13.